The van der Waals surface area contributed by atoms with Crippen LogP contribution in [0, 0.1) is 5.92 Å². The number of hydrogen-bond acceptors (Lipinski definition) is 1. The fourth-order valence-electron chi connectivity index (χ4n) is 2.67. The molecule has 116 valence electrons. The van der Waals surface area contributed by atoms with Gasteiger partial charge in [0.1, 0.15) is 5.82 Å². The van der Waals surface area contributed by atoms with Crippen LogP contribution in [0.1, 0.15) is 51.8 Å². The third kappa shape index (κ3) is 4.72. The Labute approximate surface area is 141 Å². The van der Waals surface area contributed by atoms with Crippen LogP contribution in [0.3, 0.4) is 0 Å². The maximum atomic E-state index is 6.05. The Bertz CT molecular complexity index is 577. The molecule has 0 aliphatic carbocycles. The zero-order valence-corrected chi connectivity index (χ0v) is 15.3. The summed E-state index contributed by atoms with van der Waals surface area (Å²) in [5, 5.41) is 0. The number of benzene rings is 1. The first-order valence-corrected chi connectivity index (χ1v) is 9.15. The first-order valence-electron chi connectivity index (χ1n) is 7.82. The fraction of sp³-hybridized carbons (Fsp3) is 0.588. The molecule has 1 aromatic carbocycles. The van der Waals surface area contributed by atoms with Crippen LogP contribution in [0.15, 0.2) is 22.7 Å². The zero-order valence-electron chi connectivity index (χ0n) is 12.9. The van der Waals surface area contributed by atoms with Crippen LogP contribution >= 0.6 is 27.5 Å². The molecule has 2 rings (SSSR count). The van der Waals surface area contributed by atoms with Crippen molar-refractivity contribution in [2.75, 3.05) is 0 Å². The molecule has 1 heterocycles. The van der Waals surface area contributed by atoms with Crippen LogP contribution in [0.5, 0.6) is 0 Å². The van der Waals surface area contributed by atoms with Gasteiger partial charge in [-0.1, -0.05) is 55.5 Å². The molecule has 2 aromatic rings. The minimum atomic E-state index is 0.472. The van der Waals surface area contributed by atoms with Crippen molar-refractivity contribution in [3.63, 3.8) is 0 Å². The third-order valence-corrected chi connectivity index (χ3v) is 4.55. The minimum absolute atomic E-state index is 0.472. The van der Waals surface area contributed by atoms with Crippen molar-refractivity contribution in [3.8, 4) is 0 Å². The van der Waals surface area contributed by atoms with Gasteiger partial charge < -0.3 is 4.57 Å². The van der Waals surface area contributed by atoms with E-state index in [2.05, 4.69) is 51.5 Å². The molecule has 2 nitrogen and oxygen atoms in total. The Hall–Kier alpha value is -0.540. The number of halogens is 2. The van der Waals surface area contributed by atoms with Crippen molar-refractivity contribution >= 4 is 38.6 Å². The number of imidazole rings is 1. The minimum Gasteiger partial charge on any atom is -0.327 e. The van der Waals surface area contributed by atoms with Gasteiger partial charge in [-0.25, -0.2) is 4.98 Å². The number of aromatic nitrogens is 2. The molecule has 0 spiro atoms. The molecule has 21 heavy (non-hydrogen) atoms. The van der Waals surface area contributed by atoms with Gasteiger partial charge in [0.25, 0.3) is 0 Å². The molecule has 0 N–H and O–H groups in total. The van der Waals surface area contributed by atoms with E-state index in [1.807, 2.05) is 6.07 Å². The molecule has 0 radical (unpaired) electrons. The molecule has 0 atom stereocenters. The second-order valence-corrected chi connectivity index (χ2v) is 7.23. The second-order valence-electron chi connectivity index (χ2n) is 6.04. The highest BCUT2D eigenvalue weighted by Gasteiger charge is 2.09. The van der Waals surface area contributed by atoms with Gasteiger partial charge in [0.05, 0.1) is 16.9 Å². The summed E-state index contributed by atoms with van der Waals surface area (Å²) in [4.78, 5) is 4.62. The van der Waals surface area contributed by atoms with Gasteiger partial charge in [0.2, 0.25) is 0 Å². The average Bonchev–Trinajstić information content (AvgIpc) is 2.79. The van der Waals surface area contributed by atoms with Crippen molar-refractivity contribution in [3.05, 3.63) is 28.5 Å². The van der Waals surface area contributed by atoms with Crippen molar-refractivity contribution < 1.29 is 0 Å². The molecule has 0 aliphatic heterocycles. The van der Waals surface area contributed by atoms with Crippen molar-refractivity contribution in [2.45, 2.75) is 58.4 Å². The summed E-state index contributed by atoms with van der Waals surface area (Å²) >= 11 is 9.59. The van der Waals surface area contributed by atoms with E-state index in [1.165, 1.54) is 37.6 Å². The molecule has 0 bridgehead atoms. The molecule has 0 fully saturated rings. The zero-order chi connectivity index (χ0) is 15.2. The van der Waals surface area contributed by atoms with E-state index >= 15 is 0 Å². The molecular weight excluding hydrogens is 348 g/mol. The van der Waals surface area contributed by atoms with Gasteiger partial charge in [0, 0.05) is 11.0 Å². The summed E-state index contributed by atoms with van der Waals surface area (Å²) in [6.45, 7) is 5.60. The highest BCUT2D eigenvalue weighted by Crippen LogP contribution is 2.23. The predicted octanol–water partition coefficient (Wildman–Crippen LogP) is 6.14. The number of aryl methyl sites for hydroxylation is 1. The lowest BCUT2D eigenvalue weighted by atomic mass is 10.0. The molecule has 4 heteroatoms. The summed E-state index contributed by atoms with van der Waals surface area (Å²) in [5.74, 6) is 2.27. The number of fused-ring (bicyclic) bond motifs is 1. The average molecular weight is 372 g/mol. The molecule has 0 saturated carbocycles. The van der Waals surface area contributed by atoms with E-state index in [1.54, 1.807) is 0 Å². The van der Waals surface area contributed by atoms with Crippen LogP contribution in [-0.4, -0.2) is 9.55 Å². The number of unbranched alkanes of at least 4 members (excludes halogenated alkanes) is 3. The maximum Gasteiger partial charge on any atom is 0.124 e. The molecule has 1 aromatic heterocycles. The molecular formula is C17H24BrClN2. The lowest BCUT2D eigenvalue weighted by Gasteiger charge is -2.08. The fourth-order valence-corrected chi connectivity index (χ4v) is 3.23. The van der Waals surface area contributed by atoms with Crippen LogP contribution in [0.2, 0.25) is 0 Å². The highest BCUT2D eigenvalue weighted by atomic mass is 79.9. The SMILES string of the molecule is CC(C)CCCCCCn1c(CCl)nc2ccc(Br)cc21. The quantitative estimate of drug-likeness (QED) is 0.402. The smallest absolute Gasteiger partial charge is 0.124 e. The number of hydrogen-bond donors (Lipinski definition) is 0. The lowest BCUT2D eigenvalue weighted by molar-refractivity contribution is 0.505. The van der Waals surface area contributed by atoms with Gasteiger partial charge >= 0.3 is 0 Å². The Morgan fingerprint density at radius 1 is 1.19 bits per heavy atom. The van der Waals surface area contributed by atoms with Gasteiger partial charge in [-0.2, -0.15) is 0 Å². The van der Waals surface area contributed by atoms with Gasteiger partial charge in [-0.05, 0) is 30.5 Å². The highest BCUT2D eigenvalue weighted by molar-refractivity contribution is 9.10. The Kier molecular flexibility index (Phi) is 6.56. The van der Waals surface area contributed by atoms with Gasteiger partial charge in [-0.15, -0.1) is 11.6 Å². The first kappa shape index (κ1) is 16.8. The summed E-state index contributed by atoms with van der Waals surface area (Å²) in [7, 11) is 0. The number of alkyl halides is 1. The summed E-state index contributed by atoms with van der Waals surface area (Å²) in [6, 6.07) is 6.22. The normalized spacial score (nSPS) is 11.7. The van der Waals surface area contributed by atoms with Crippen molar-refractivity contribution in [1.82, 2.24) is 9.55 Å². The third-order valence-electron chi connectivity index (χ3n) is 3.82. The summed E-state index contributed by atoms with van der Waals surface area (Å²) in [6.07, 6.45) is 6.48. The van der Waals surface area contributed by atoms with Crippen molar-refractivity contribution in [2.24, 2.45) is 5.92 Å². The Morgan fingerprint density at radius 2 is 1.95 bits per heavy atom. The largest absolute Gasteiger partial charge is 0.327 e. The van der Waals surface area contributed by atoms with E-state index in [0.29, 0.717) is 5.88 Å². The molecule has 0 unspecified atom stereocenters. The topological polar surface area (TPSA) is 17.8 Å². The van der Waals surface area contributed by atoms with Gasteiger partial charge in [0.15, 0.2) is 0 Å². The van der Waals surface area contributed by atoms with E-state index in [9.17, 15) is 0 Å². The first-order chi connectivity index (χ1) is 10.1. The molecule has 0 aliphatic rings. The monoisotopic (exact) mass is 370 g/mol. The Balaban J connectivity index is 1.95. The van der Waals surface area contributed by atoms with Crippen LogP contribution in [0.25, 0.3) is 11.0 Å². The van der Waals surface area contributed by atoms with Crippen LogP contribution in [-0.2, 0) is 12.4 Å². The van der Waals surface area contributed by atoms with E-state index in [0.717, 1.165) is 28.3 Å². The summed E-state index contributed by atoms with van der Waals surface area (Å²) < 4.78 is 3.37. The van der Waals surface area contributed by atoms with Gasteiger partial charge in [-0.3, -0.25) is 0 Å². The van der Waals surface area contributed by atoms with E-state index in [4.69, 9.17) is 11.6 Å². The predicted molar refractivity (Wildman–Crippen MR) is 94.9 cm³/mol. The number of rotatable bonds is 8. The second kappa shape index (κ2) is 8.19. The number of nitrogens with zero attached hydrogens (tertiary/aromatic N) is 2. The van der Waals surface area contributed by atoms with E-state index in [-0.39, 0.29) is 0 Å². The standard InChI is InChI=1S/C17H24BrClN2/c1-13(2)7-5-3-4-6-10-21-16-11-14(18)8-9-15(16)20-17(21)12-19/h8-9,11,13H,3-7,10,12H2,1-2H3. The van der Waals surface area contributed by atoms with Crippen LogP contribution < -0.4 is 0 Å². The van der Waals surface area contributed by atoms with E-state index < -0.39 is 0 Å². The maximum absolute atomic E-state index is 6.05. The van der Waals surface area contributed by atoms with Crippen molar-refractivity contribution in [1.29, 1.82) is 0 Å². The molecule has 0 amide bonds. The Morgan fingerprint density at radius 3 is 2.67 bits per heavy atom. The lowest BCUT2D eigenvalue weighted by Crippen LogP contribution is -2.02. The van der Waals surface area contributed by atoms with Crippen LogP contribution in [0.4, 0.5) is 0 Å². The molecule has 0 saturated heterocycles. The summed E-state index contributed by atoms with van der Waals surface area (Å²) in [5.41, 5.74) is 2.22.